The monoisotopic (exact) mass is 296 g/mol. The molecule has 1 saturated heterocycles. The molecule has 1 aromatic heterocycles. The molecule has 1 aliphatic heterocycles. The van der Waals surface area contributed by atoms with E-state index in [1.807, 2.05) is 13.1 Å². The van der Waals surface area contributed by atoms with Crippen molar-refractivity contribution in [3.63, 3.8) is 0 Å². The smallest absolute Gasteiger partial charge is 0.225 e. The number of hydrogen-bond donors (Lipinski definition) is 1. The van der Waals surface area contributed by atoms with Crippen molar-refractivity contribution in [3.8, 4) is 0 Å². The van der Waals surface area contributed by atoms with Gasteiger partial charge in [0.05, 0.1) is 0 Å². The number of aryl methyl sites for hydroxylation is 1. The molecule has 1 aromatic rings. The summed E-state index contributed by atoms with van der Waals surface area (Å²) in [5.41, 5.74) is 2.23. The molecule has 20 heavy (non-hydrogen) atoms. The van der Waals surface area contributed by atoms with Gasteiger partial charge in [0.2, 0.25) is 5.95 Å². The van der Waals surface area contributed by atoms with Crippen LogP contribution in [0.15, 0.2) is 6.20 Å². The zero-order valence-electron chi connectivity index (χ0n) is 12.8. The van der Waals surface area contributed by atoms with Crippen LogP contribution in [-0.4, -0.2) is 44.3 Å². The van der Waals surface area contributed by atoms with Crippen molar-refractivity contribution in [2.45, 2.75) is 39.8 Å². The van der Waals surface area contributed by atoms with Crippen molar-refractivity contribution < 1.29 is 4.21 Å². The lowest BCUT2D eigenvalue weighted by atomic mass is 10.1. The highest BCUT2D eigenvalue weighted by molar-refractivity contribution is 7.85. The third-order valence-electron chi connectivity index (χ3n) is 3.34. The van der Waals surface area contributed by atoms with Crippen LogP contribution < -0.4 is 10.2 Å². The molecule has 0 amide bonds. The maximum atomic E-state index is 11.4. The maximum absolute atomic E-state index is 11.4. The number of nitrogens with zero attached hydrogens (tertiary/aromatic N) is 3. The van der Waals surface area contributed by atoms with E-state index in [1.54, 1.807) is 0 Å². The number of anilines is 1. The summed E-state index contributed by atoms with van der Waals surface area (Å²) in [5, 5.41) is 3.45. The summed E-state index contributed by atoms with van der Waals surface area (Å²) in [4.78, 5) is 11.2. The predicted octanol–water partition coefficient (Wildman–Crippen LogP) is 1.24. The zero-order valence-corrected chi connectivity index (χ0v) is 13.6. The first-order valence-electron chi connectivity index (χ1n) is 7.02. The molecule has 2 rings (SSSR count). The highest BCUT2D eigenvalue weighted by atomic mass is 32.2. The lowest BCUT2D eigenvalue weighted by molar-refractivity contribution is 0.423. The van der Waals surface area contributed by atoms with Crippen LogP contribution in [0, 0.1) is 6.92 Å². The minimum Gasteiger partial charge on any atom is -0.339 e. The number of hydrogen-bond acceptors (Lipinski definition) is 5. The van der Waals surface area contributed by atoms with Gasteiger partial charge in [0.1, 0.15) is 0 Å². The standard InChI is InChI=1S/C14H24N4OS/c1-11-12(10-16-14(2,3)4)9-15-13(17-11)18-5-7-20(19)8-6-18/h9,16H,5-8,10H2,1-4H3. The molecule has 0 bridgehead atoms. The summed E-state index contributed by atoms with van der Waals surface area (Å²) in [7, 11) is -0.665. The quantitative estimate of drug-likeness (QED) is 0.909. The molecule has 5 nitrogen and oxygen atoms in total. The largest absolute Gasteiger partial charge is 0.339 e. The van der Waals surface area contributed by atoms with Crippen LogP contribution in [0.25, 0.3) is 0 Å². The van der Waals surface area contributed by atoms with E-state index < -0.39 is 10.8 Å². The van der Waals surface area contributed by atoms with Crippen LogP contribution in [0.1, 0.15) is 32.0 Å². The molecule has 2 heterocycles. The van der Waals surface area contributed by atoms with E-state index in [4.69, 9.17) is 0 Å². The third kappa shape index (κ3) is 4.24. The van der Waals surface area contributed by atoms with Gasteiger partial charge in [0.15, 0.2) is 0 Å². The van der Waals surface area contributed by atoms with E-state index in [9.17, 15) is 4.21 Å². The van der Waals surface area contributed by atoms with Gasteiger partial charge >= 0.3 is 0 Å². The fraction of sp³-hybridized carbons (Fsp3) is 0.714. The first-order valence-corrected chi connectivity index (χ1v) is 8.51. The zero-order chi connectivity index (χ0) is 14.8. The lowest BCUT2D eigenvalue weighted by Gasteiger charge is -2.27. The van der Waals surface area contributed by atoms with Crippen LogP contribution in [0.2, 0.25) is 0 Å². The van der Waals surface area contributed by atoms with E-state index in [2.05, 4.69) is 41.0 Å². The molecule has 0 aliphatic carbocycles. The Bertz CT molecular complexity index is 488. The predicted molar refractivity (Wildman–Crippen MR) is 83.5 cm³/mol. The summed E-state index contributed by atoms with van der Waals surface area (Å²) in [6.07, 6.45) is 1.90. The molecule has 112 valence electrons. The van der Waals surface area contributed by atoms with Gasteiger partial charge in [0.25, 0.3) is 0 Å². The second-order valence-corrected chi connectivity index (χ2v) is 7.92. The van der Waals surface area contributed by atoms with Gasteiger partial charge in [-0.1, -0.05) is 0 Å². The van der Waals surface area contributed by atoms with Gasteiger partial charge in [-0.05, 0) is 27.7 Å². The average Bonchev–Trinajstić information content (AvgIpc) is 2.37. The average molecular weight is 296 g/mol. The van der Waals surface area contributed by atoms with Gasteiger partial charge in [-0.15, -0.1) is 0 Å². The fourth-order valence-corrected chi connectivity index (χ4v) is 3.06. The molecule has 0 saturated carbocycles. The minimum atomic E-state index is -0.665. The van der Waals surface area contributed by atoms with Gasteiger partial charge in [-0.3, -0.25) is 4.21 Å². The Kier molecular flexibility index (Phi) is 4.75. The van der Waals surface area contributed by atoms with E-state index in [-0.39, 0.29) is 5.54 Å². The Balaban J connectivity index is 2.04. The van der Waals surface area contributed by atoms with Crippen LogP contribution >= 0.6 is 0 Å². The molecule has 0 spiro atoms. The van der Waals surface area contributed by atoms with E-state index >= 15 is 0 Å². The summed E-state index contributed by atoms with van der Waals surface area (Å²) >= 11 is 0. The molecule has 1 fully saturated rings. The normalized spacial score (nSPS) is 17.5. The van der Waals surface area contributed by atoms with Gasteiger partial charge in [-0.25, -0.2) is 9.97 Å². The van der Waals surface area contributed by atoms with E-state index in [1.165, 1.54) is 0 Å². The fourth-order valence-electron chi connectivity index (χ4n) is 2.00. The molecule has 1 N–H and O–H groups in total. The molecular weight excluding hydrogens is 272 g/mol. The molecule has 1 aliphatic rings. The van der Waals surface area contributed by atoms with Crippen molar-refractivity contribution in [1.82, 2.24) is 15.3 Å². The maximum Gasteiger partial charge on any atom is 0.225 e. The molecule has 0 unspecified atom stereocenters. The van der Waals surface area contributed by atoms with Crippen molar-refractivity contribution in [2.75, 3.05) is 29.5 Å². The van der Waals surface area contributed by atoms with Crippen LogP contribution in [0.5, 0.6) is 0 Å². The van der Waals surface area contributed by atoms with Gasteiger partial charge in [-0.2, -0.15) is 0 Å². The van der Waals surface area contributed by atoms with Crippen LogP contribution in [0.4, 0.5) is 5.95 Å². The van der Waals surface area contributed by atoms with Gasteiger partial charge < -0.3 is 10.2 Å². The van der Waals surface area contributed by atoms with Crippen molar-refractivity contribution >= 4 is 16.7 Å². The second kappa shape index (κ2) is 6.18. The first-order chi connectivity index (χ1) is 9.35. The number of rotatable bonds is 3. The van der Waals surface area contributed by atoms with E-state index in [0.717, 1.165) is 48.3 Å². The SMILES string of the molecule is Cc1nc(N2CCS(=O)CC2)ncc1CNC(C)(C)C. The summed E-state index contributed by atoms with van der Waals surface area (Å²) < 4.78 is 11.4. The minimum absolute atomic E-state index is 0.0854. The summed E-state index contributed by atoms with van der Waals surface area (Å²) in [5.74, 6) is 2.20. The first kappa shape index (κ1) is 15.4. The Hall–Kier alpha value is -1.01. The molecule has 0 aromatic carbocycles. The highest BCUT2D eigenvalue weighted by Crippen LogP contribution is 2.14. The number of nitrogens with one attached hydrogen (secondary N) is 1. The highest BCUT2D eigenvalue weighted by Gasteiger charge is 2.18. The molecular formula is C14H24N4OS. The Labute approximate surface area is 123 Å². The van der Waals surface area contributed by atoms with E-state index in [0.29, 0.717) is 0 Å². The summed E-state index contributed by atoms with van der Waals surface area (Å²) in [6, 6.07) is 0. The van der Waals surface area contributed by atoms with Gasteiger partial charge in [0, 0.05) is 64.9 Å². The lowest BCUT2D eigenvalue weighted by Crippen LogP contribution is -2.39. The third-order valence-corrected chi connectivity index (χ3v) is 4.61. The van der Waals surface area contributed by atoms with Crippen molar-refractivity contribution in [3.05, 3.63) is 17.5 Å². The van der Waals surface area contributed by atoms with Crippen LogP contribution in [0.3, 0.4) is 0 Å². The van der Waals surface area contributed by atoms with Crippen molar-refractivity contribution in [2.24, 2.45) is 0 Å². The molecule has 6 heteroatoms. The molecule has 0 radical (unpaired) electrons. The van der Waals surface area contributed by atoms with Crippen LogP contribution in [-0.2, 0) is 17.3 Å². The number of aromatic nitrogens is 2. The Morgan fingerprint density at radius 3 is 2.55 bits per heavy atom. The topological polar surface area (TPSA) is 58.1 Å². The summed E-state index contributed by atoms with van der Waals surface area (Å²) in [6.45, 7) is 10.8. The Morgan fingerprint density at radius 1 is 1.35 bits per heavy atom. The van der Waals surface area contributed by atoms with Crippen molar-refractivity contribution in [1.29, 1.82) is 0 Å². The Morgan fingerprint density at radius 2 is 2.00 bits per heavy atom. The molecule has 0 atom stereocenters. The second-order valence-electron chi connectivity index (χ2n) is 6.22.